The highest BCUT2D eigenvalue weighted by molar-refractivity contribution is 5.76. The van der Waals surface area contributed by atoms with Gasteiger partial charge in [0.05, 0.1) is 22.9 Å². The minimum absolute atomic E-state index is 0.432. The summed E-state index contributed by atoms with van der Waals surface area (Å²) in [6.45, 7) is 3.24. The highest BCUT2D eigenvalue weighted by Gasteiger charge is 2.34. The fourth-order valence-corrected chi connectivity index (χ4v) is 4.43. The Balaban J connectivity index is 1.58. The van der Waals surface area contributed by atoms with Crippen LogP contribution < -0.4 is 0 Å². The van der Waals surface area contributed by atoms with Crippen LogP contribution in [0.1, 0.15) is 37.7 Å². The Hall–Kier alpha value is -1.56. The number of hydrogen-bond acceptors (Lipinski definition) is 2. The van der Waals surface area contributed by atoms with Crippen LogP contribution in [0.25, 0.3) is 11.0 Å². The van der Waals surface area contributed by atoms with Crippen LogP contribution in [0, 0.1) is 5.92 Å². The highest BCUT2D eigenvalue weighted by Crippen LogP contribution is 2.34. The van der Waals surface area contributed by atoms with Gasteiger partial charge in [-0.2, -0.15) is 13.2 Å². The standard InChI is InChI=1S/C18H22F3N3/c19-18(20,21)14-6-7-17-15(10-14)22-12-24(17)11-13-4-3-9-23-8-2-1-5-16(13)23/h6-7,10,12-13,16H,1-5,8-9,11H2/t13-,16+/m0/s1. The number of nitrogens with zero attached hydrogens (tertiary/aromatic N) is 3. The van der Waals surface area contributed by atoms with E-state index >= 15 is 0 Å². The molecule has 24 heavy (non-hydrogen) atoms. The Morgan fingerprint density at radius 3 is 2.75 bits per heavy atom. The van der Waals surface area contributed by atoms with Gasteiger partial charge in [-0.05, 0) is 62.9 Å². The van der Waals surface area contributed by atoms with Crippen LogP contribution in [0.4, 0.5) is 13.2 Å². The molecular weight excluding hydrogens is 315 g/mol. The monoisotopic (exact) mass is 337 g/mol. The minimum atomic E-state index is -4.32. The van der Waals surface area contributed by atoms with E-state index in [1.54, 1.807) is 12.4 Å². The molecule has 3 nitrogen and oxygen atoms in total. The lowest BCUT2D eigenvalue weighted by molar-refractivity contribution is -0.137. The number of hydrogen-bond donors (Lipinski definition) is 0. The summed E-state index contributed by atoms with van der Waals surface area (Å²) < 4.78 is 40.6. The lowest BCUT2D eigenvalue weighted by Gasteiger charge is -2.44. The van der Waals surface area contributed by atoms with Gasteiger partial charge >= 0.3 is 6.18 Å². The second-order valence-electron chi connectivity index (χ2n) is 7.10. The van der Waals surface area contributed by atoms with Gasteiger partial charge < -0.3 is 9.47 Å². The number of rotatable bonds is 2. The van der Waals surface area contributed by atoms with Crippen LogP contribution in [0.3, 0.4) is 0 Å². The van der Waals surface area contributed by atoms with Crippen LogP contribution >= 0.6 is 0 Å². The molecular formula is C18H22F3N3. The van der Waals surface area contributed by atoms with Crippen molar-refractivity contribution in [3.05, 3.63) is 30.1 Å². The molecule has 0 amide bonds. The van der Waals surface area contributed by atoms with Gasteiger partial charge in [0.25, 0.3) is 0 Å². The molecule has 0 N–H and O–H groups in total. The number of aromatic nitrogens is 2. The predicted octanol–water partition coefficient (Wildman–Crippen LogP) is 4.32. The second-order valence-corrected chi connectivity index (χ2v) is 7.10. The van der Waals surface area contributed by atoms with E-state index in [1.165, 1.54) is 45.2 Å². The summed E-state index contributed by atoms with van der Waals surface area (Å²) >= 11 is 0. The second kappa shape index (κ2) is 6.06. The molecule has 4 rings (SSSR count). The molecule has 130 valence electrons. The molecule has 0 saturated carbocycles. The maximum Gasteiger partial charge on any atom is 0.416 e. The Bertz CT molecular complexity index is 720. The van der Waals surface area contributed by atoms with E-state index in [1.807, 2.05) is 4.57 Å². The maximum absolute atomic E-state index is 12.8. The number of piperidine rings is 2. The Morgan fingerprint density at radius 2 is 1.92 bits per heavy atom. The molecule has 2 atom stereocenters. The summed E-state index contributed by atoms with van der Waals surface area (Å²) in [5.74, 6) is 0.568. The van der Waals surface area contributed by atoms with Gasteiger partial charge in [0, 0.05) is 12.6 Å². The Morgan fingerprint density at radius 1 is 1.08 bits per heavy atom. The molecule has 0 unspecified atom stereocenters. The molecule has 0 bridgehead atoms. The van der Waals surface area contributed by atoms with E-state index in [0.29, 0.717) is 17.5 Å². The van der Waals surface area contributed by atoms with Crippen molar-refractivity contribution in [2.24, 2.45) is 5.92 Å². The average molecular weight is 337 g/mol. The van der Waals surface area contributed by atoms with Crippen molar-refractivity contribution in [2.45, 2.75) is 50.9 Å². The normalized spacial score (nSPS) is 25.8. The van der Waals surface area contributed by atoms with Gasteiger partial charge in [0.15, 0.2) is 0 Å². The van der Waals surface area contributed by atoms with Gasteiger partial charge in [-0.1, -0.05) is 6.42 Å². The number of imidazole rings is 1. The summed E-state index contributed by atoms with van der Waals surface area (Å²) in [6.07, 6.45) is 3.62. The molecule has 0 radical (unpaired) electrons. The van der Waals surface area contributed by atoms with Crippen LogP contribution in [0.15, 0.2) is 24.5 Å². The zero-order valence-corrected chi connectivity index (χ0v) is 13.6. The molecule has 2 aliphatic heterocycles. The zero-order chi connectivity index (χ0) is 16.7. The average Bonchev–Trinajstić information content (AvgIpc) is 2.97. The van der Waals surface area contributed by atoms with Crippen molar-refractivity contribution in [1.29, 1.82) is 0 Å². The quantitative estimate of drug-likeness (QED) is 0.814. The molecule has 0 aliphatic carbocycles. The lowest BCUT2D eigenvalue weighted by atomic mass is 9.83. The smallest absolute Gasteiger partial charge is 0.330 e. The third-order valence-electron chi connectivity index (χ3n) is 5.61. The van der Waals surface area contributed by atoms with Crippen LogP contribution in [0.5, 0.6) is 0 Å². The molecule has 1 aromatic heterocycles. The first-order chi connectivity index (χ1) is 11.5. The van der Waals surface area contributed by atoms with Crippen molar-refractivity contribution in [3.8, 4) is 0 Å². The number of benzene rings is 1. The summed E-state index contributed by atoms with van der Waals surface area (Å²) in [7, 11) is 0. The third kappa shape index (κ3) is 2.92. The molecule has 3 heterocycles. The SMILES string of the molecule is FC(F)(F)c1ccc2c(c1)ncn2C[C@@H]1CCCN2CCCC[C@H]12. The van der Waals surface area contributed by atoms with Gasteiger partial charge in [0.1, 0.15) is 0 Å². The van der Waals surface area contributed by atoms with E-state index < -0.39 is 11.7 Å². The van der Waals surface area contributed by atoms with Gasteiger partial charge in [-0.15, -0.1) is 0 Å². The molecule has 1 aromatic carbocycles. The van der Waals surface area contributed by atoms with E-state index in [-0.39, 0.29) is 0 Å². The van der Waals surface area contributed by atoms with E-state index in [9.17, 15) is 13.2 Å². The van der Waals surface area contributed by atoms with Gasteiger partial charge in [0.2, 0.25) is 0 Å². The topological polar surface area (TPSA) is 21.1 Å². The molecule has 2 aliphatic rings. The van der Waals surface area contributed by atoms with Gasteiger partial charge in [-0.25, -0.2) is 4.98 Å². The van der Waals surface area contributed by atoms with Crippen molar-refractivity contribution < 1.29 is 13.2 Å². The van der Waals surface area contributed by atoms with Crippen LogP contribution in [-0.4, -0.2) is 33.6 Å². The fourth-order valence-electron chi connectivity index (χ4n) is 4.43. The van der Waals surface area contributed by atoms with E-state index in [4.69, 9.17) is 0 Å². The molecule has 0 spiro atoms. The van der Waals surface area contributed by atoms with Gasteiger partial charge in [-0.3, -0.25) is 0 Å². The molecule has 2 saturated heterocycles. The number of fused-ring (bicyclic) bond motifs is 2. The first-order valence-electron chi connectivity index (χ1n) is 8.78. The Kier molecular flexibility index (Phi) is 4.03. The largest absolute Gasteiger partial charge is 0.416 e. The number of alkyl halides is 3. The summed E-state index contributed by atoms with van der Waals surface area (Å²) in [4.78, 5) is 6.82. The maximum atomic E-state index is 12.8. The molecule has 2 fully saturated rings. The fraction of sp³-hybridized carbons (Fsp3) is 0.611. The first kappa shape index (κ1) is 15.9. The molecule has 6 heteroatoms. The minimum Gasteiger partial charge on any atom is -0.330 e. The van der Waals surface area contributed by atoms with Crippen molar-refractivity contribution in [1.82, 2.24) is 14.5 Å². The summed E-state index contributed by atoms with van der Waals surface area (Å²) in [5, 5.41) is 0. The summed E-state index contributed by atoms with van der Waals surface area (Å²) in [6, 6.07) is 4.50. The van der Waals surface area contributed by atoms with Crippen LogP contribution in [0.2, 0.25) is 0 Å². The van der Waals surface area contributed by atoms with Crippen LogP contribution in [-0.2, 0) is 12.7 Å². The van der Waals surface area contributed by atoms with E-state index in [0.717, 1.165) is 24.2 Å². The number of halogens is 3. The van der Waals surface area contributed by atoms with Crippen molar-refractivity contribution in [2.75, 3.05) is 13.1 Å². The van der Waals surface area contributed by atoms with Crippen molar-refractivity contribution >= 4 is 11.0 Å². The lowest BCUT2D eigenvalue weighted by Crippen LogP contribution is -2.48. The third-order valence-corrected chi connectivity index (χ3v) is 5.61. The predicted molar refractivity (Wildman–Crippen MR) is 86.7 cm³/mol. The zero-order valence-electron chi connectivity index (χ0n) is 13.6. The first-order valence-corrected chi connectivity index (χ1v) is 8.78. The Labute approximate surface area is 139 Å². The van der Waals surface area contributed by atoms with Crippen molar-refractivity contribution in [3.63, 3.8) is 0 Å². The van der Waals surface area contributed by atoms with E-state index in [2.05, 4.69) is 9.88 Å². The summed E-state index contributed by atoms with van der Waals surface area (Å²) in [5.41, 5.74) is 0.605. The molecule has 2 aromatic rings. The highest BCUT2D eigenvalue weighted by atomic mass is 19.4.